The van der Waals surface area contributed by atoms with Gasteiger partial charge in [-0.3, -0.25) is 9.69 Å². The molecule has 2 aliphatic rings. The van der Waals surface area contributed by atoms with E-state index < -0.39 is 17.5 Å². The van der Waals surface area contributed by atoms with Crippen LogP contribution in [0.2, 0.25) is 0 Å². The van der Waals surface area contributed by atoms with Gasteiger partial charge in [-0.05, 0) is 32.4 Å². The molecule has 1 unspecified atom stereocenters. The van der Waals surface area contributed by atoms with Crippen molar-refractivity contribution in [1.82, 2.24) is 4.90 Å². The molecule has 0 spiro atoms. The molecule has 5 heteroatoms. The lowest BCUT2D eigenvalue weighted by Gasteiger charge is -2.43. The molecule has 1 fully saturated rings. The van der Waals surface area contributed by atoms with E-state index in [1.54, 1.807) is 23.1 Å². The van der Waals surface area contributed by atoms with Gasteiger partial charge < -0.3 is 0 Å². The molecule has 0 N–H and O–H groups in total. The first-order valence-corrected chi connectivity index (χ1v) is 6.18. The van der Waals surface area contributed by atoms with Gasteiger partial charge in [0.2, 0.25) is 0 Å². The van der Waals surface area contributed by atoms with E-state index in [9.17, 15) is 18.0 Å². The fourth-order valence-electron chi connectivity index (χ4n) is 2.69. The molecular weight excluding hydrogens is 243 g/mol. The first kappa shape index (κ1) is 13.3. The zero-order valence-corrected chi connectivity index (χ0v) is 10.0. The average Bonchev–Trinajstić information content (AvgIpc) is 2.39. The number of halogens is 3. The molecule has 0 amide bonds. The molecule has 18 heavy (non-hydrogen) atoms. The lowest BCUT2D eigenvalue weighted by Crippen LogP contribution is -2.59. The summed E-state index contributed by atoms with van der Waals surface area (Å²) in [4.78, 5) is 13.5. The summed E-state index contributed by atoms with van der Waals surface area (Å²) in [6.45, 7) is 1.11. The maximum Gasteiger partial charge on any atom is 0.452 e. The van der Waals surface area contributed by atoms with Crippen molar-refractivity contribution in [2.75, 3.05) is 13.1 Å². The molecule has 1 saturated heterocycles. The van der Waals surface area contributed by atoms with Crippen LogP contribution in [-0.4, -0.2) is 35.5 Å². The molecule has 1 aliphatic carbocycles. The van der Waals surface area contributed by atoms with E-state index in [0.717, 1.165) is 19.3 Å². The molecule has 1 atom stereocenters. The van der Waals surface area contributed by atoms with Gasteiger partial charge in [-0.2, -0.15) is 13.2 Å². The van der Waals surface area contributed by atoms with E-state index in [1.807, 2.05) is 0 Å². The number of allylic oxidation sites excluding steroid dienone is 2. The SMILES string of the molecule is O=C(C(F)(F)F)C1(N2CCCCC2)C=CC=CC1. The number of ketones is 1. The Bertz CT molecular complexity index is 380. The predicted molar refractivity (Wildman–Crippen MR) is 62.1 cm³/mol. The second kappa shape index (κ2) is 4.88. The van der Waals surface area contributed by atoms with Crippen molar-refractivity contribution >= 4 is 5.78 Å². The van der Waals surface area contributed by atoms with Gasteiger partial charge in [0.05, 0.1) is 0 Å². The predicted octanol–water partition coefficient (Wildman–Crippen LogP) is 2.86. The highest BCUT2D eigenvalue weighted by molar-refractivity contribution is 5.95. The van der Waals surface area contributed by atoms with Crippen LogP contribution in [0.25, 0.3) is 0 Å². The van der Waals surface area contributed by atoms with Crippen LogP contribution < -0.4 is 0 Å². The van der Waals surface area contributed by atoms with Crippen LogP contribution in [0.5, 0.6) is 0 Å². The number of Topliss-reactive ketones (excluding diaryl/α,β-unsaturated/α-hetero) is 1. The summed E-state index contributed by atoms with van der Waals surface area (Å²) in [5.41, 5.74) is -1.51. The van der Waals surface area contributed by atoms with Crippen LogP contribution in [-0.2, 0) is 4.79 Å². The van der Waals surface area contributed by atoms with Crippen LogP contribution in [0.4, 0.5) is 13.2 Å². The Morgan fingerprint density at radius 3 is 2.28 bits per heavy atom. The number of likely N-dealkylation sites (tertiary alicyclic amines) is 1. The van der Waals surface area contributed by atoms with Crippen molar-refractivity contribution in [3.8, 4) is 0 Å². The normalized spacial score (nSPS) is 29.5. The molecule has 0 bridgehead atoms. The monoisotopic (exact) mass is 259 g/mol. The van der Waals surface area contributed by atoms with Crippen molar-refractivity contribution in [2.24, 2.45) is 0 Å². The summed E-state index contributed by atoms with van der Waals surface area (Å²) >= 11 is 0. The van der Waals surface area contributed by atoms with Gasteiger partial charge in [0, 0.05) is 0 Å². The van der Waals surface area contributed by atoms with Crippen LogP contribution in [0.1, 0.15) is 25.7 Å². The number of carbonyl (C=O) groups excluding carboxylic acids is 1. The summed E-state index contributed by atoms with van der Waals surface area (Å²) in [7, 11) is 0. The van der Waals surface area contributed by atoms with Gasteiger partial charge in [-0.25, -0.2) is 0 Å². The topological polar surface area (TPSA) is 20.3 Å². The molecule has 0 aromatic heterocycles. The van der Waals surface area contributed by atoms with Crippen LogP contribution in [0.3, 0.4) is 0 Å². The molecule has 100 valence electrons. The van der Waals surface area contributed by atoms with Gasteiger partial charge in [0.15, 0.2) is 0 Å². The third-order valence-corrected chi connectivity index (χ3v) is 3.62. The Kier molecular flexibility index (Phi) is 3.61. The first-order valence-electron chi connectivity index (χ1n) is 6.18. The minimum Gasteiger partial charge on any atom is -0.287 e. The standard InChI is InChI=1S/C13H16F3NO/c14-13(15,16)11(18)12(7-3-1-4-8-12)17-9-5-2-6-10-17/h1,3-4,7H,2,5-6,8-10H2. The molecule has 1 aliphatic heterocycles. The van der Waals surface area contributed by atoms with Crippen molar-refractivity contribution in [3.63, 3.8) is 0 Å². The maximum atomic E-state index is 12.8. The average molecular weight is 259 g/mol. The Balaban J connectivity index is 2.31. The molecule has 0 aromatic rings. The summed E-state index contributed by atoms with van der Waals surface area (Å²) in [5.74, 6) is -1.64. The zero-order chi connectivity index (χ0) is 13.2. The van der Waals surface area contributed by atoms with Gasteiger partial charge >= 0.3 is 6.18 Å². The number of nitrogens with zero attached hydrogens (tertiary/aromatic N) is 1. The van der Waals surface area contributed by atoms with Crippen LogP contribution >= 0.6 is 0 Å². The summed E-state index contributed by atoms with van der Waals surface area (Å²) in [6, 6.07) is 0. The van der Waals surface area contributed by atoms with E-state index in [0.29, 0.717) is 13.1 Å². The molecular formula is C13H16F3NO. The smallest absolute Gasteiger partial charge is 0.287 e. The molecule has 0 aromatic carbocycles. The number of hydrogen-bond donors (Lipinski definition) is 0. The Morgan fingerprint density at radius 2 is 1.78 bits per heavy atom. The highest BCUT2D eigenvalue weighted by Gasteiger charge is 2.54. The number of piperidine rings is 1. The first-order chi connectivity index (χ1) is 8.47. The number of rotatable bonds is 2. The summed E-state index contributed by atoms with van der Waals surface area (Å²) in [5, 5.41) is 0. The third kappa shape index (κ3) is 2.36. The van der Waals surface area contributed by atoms with Crippen molar-refractivity contribution in [3.05, 3.63) is 24.3 Å². The van der Waals surface area contributed by atoms with E-state index >= 15 is 0 Å². The fourth-order valence-corrected chi connectivity index (χ4v) is 2.69. The molecule has 0 saturated carbocycles. The Morgan fingerprint density at radius 1 is 1.11 bits per heavy atom. The highest BCUT2D eigenvalue weighted by atomic mass is 19.4. The third-order valence-electron chi connectivity index (χ3n) is 3.62. The summed E-state index contributed by atoms with van der Waals surface area (Å²) in [6.07, 6.45) is 4.33. The number of carbonyl (C=O) groups is 1. The second-order valence-corrected chi connectivity index (χ2v) is 4.79. The largest absolute Gasteiger partial charge is 0.452 e. The van der Waals surface area contributed by atoms with Gasteiger partial charge in [-0.15, -0.1) is 0 Å². The van der Waals surface area contributed by atoms with Gasteiger partial charge in [0.1, 0.15) is 5.54 Å². The van der Waals surface area contributed by atoms with Crippen molar-refractivity contribution in [1.29, 1.82) is 0 Å². The van der Waals surface area contributed by atoms with Crippen LogP contribution in [0.15, 0.2) is 24.3 Å². The molecule has 0 radical (unpaired) electrons. The maximum absolute atomic E-state index is 12.8. The molecule has 2 rings (SSSR count). The minimum atomic E-state index is -4.78. The van der Waals surface area contributed by atoms with Gasteiger partial charge in [-0.1, -0.05) is 30.7 Å². The lowest BCUT2D eigenvalue weighted by molar-refractivity contribution is -0.181. The highest BCUT2D eigenvalue weighted by Crippen LogP contribution is 2.35. The fraction of sp³-hybridized carbons (Fsp3) is 0.615. The van der Waals surface area contributed by atoms with E-state index in [1.165, 1.54) is 6.08 Å². The number of alkyl halides is 3. The molecule has 1 heterocycles. The second-order valence-electron chi connectivity index (χ2n) is 4.79. The van der Waals surface area contributed by atoms with Crippen molar-refractivity contribution < 1.29 is 18.0 Å². The van der Waals surface area contributed by atoms with Crippen LogP contribution in [0, 0.1) is 0 Å². The van der Waals surface area contributed by atoms with E-state index in [2.05, 4.69) is 0 Å². The quantitative estimate of drug-likeness (QED) is 0.760. The zero-order valence-electron chi connectivity index (χ0n) is 10.0. The van der Waals surface area contributed by atoms with Gasteiger partial charge in [0.25, 0.3) is 5.78 Å². The Labute approximate surface area is 104 Å². The number of hydrogen-bond acceptors (Lipinski definition) is 2. The molecule has 2 nitrogen and oxygen atoms in total. The Hall–Kier alpha value is -1.10. The lowest BCUT2D eigenvalue weighted by atomic mass is 9.83. The van der Waals surface area contributed by atoms with Crippen molar-refractivity contribution in [2.45, 2.75) is 37.4 Å². The van der Waals surface area contributed by atoms with E-state index in [-0.39, 0.29) is 6.42 Å². The minimum absolute atomic E-state index is 0.113. The van der Waals surface area contributed by atoms with E-state index in [4.69, 9.17) is 0 Å². The summed E-state index contributed by atoms with van der Waals surface area (Å²) < 4.78 is 38.4.